The van der Waals surface area contributed by atoms with Gasteiger partial charge < -0.3 is 5.32 Å². The van der Waals surface area contributed by atoms with Crippen molar-refractivity contribution in [3.05, 3.63) is 34.3 Å². The van der Waals surface area contributed by atoms with Gasteiger partial charge in [0.25, 0.3) is 0 Å². The molecule has 1 aromatic rings. The van der Waals surface area contributed by atoms with Crippen LogP contribution in [-0.4, -0.2) is 6.41 Å². The van der Waals surface area contributed by atoms with Crippen LogP contribution < -0.4 is 5.32 Å². The molecule has 0 aliphatic heterocycles. The van der Waals surface area contributed by atoms with Crippen molar-refractivity contribution in [2.75, 3.05) is 0 Å². The minimum Gasteiger partial charge on any atom is -0.341 e. The molecule has 0 unspecified atom stereocenters. The standard InChI is InChI=1S/C9H9BrNO/c1-7(11-6-12)8-2-4-9(10)5-3-8/h2-5,7H,1H3,(H,11,12)/t7-/m1/s1. The lowest BCUT2D eigenvalue weighted by Gasteiger charge is -2.08. The van der Waals surface area contributed by atoms with E-state index in [1.807, 2.05) is 31.2 Å². The summed E-state index contributed by atoms with van der Waals surface area (Å²) in [5.74, 6) is 0. The molecule has 1 atom stereocenters. The molecule has 0 bridgehead atoms. The molecule has 1 amide bonds. The molecule has 0 saturated carbocycles. The van der Waals surface area contributed by atoms with Crippen molar-refractivity contribution in [2.24, 2.45) is 0 Å². The minimum absolute atomic E-state index is 0.0237. The second-order valence-electron chi connectivity index (χ2n) is 2.52. The summed E-state index contributed by atoms with van der Waals surface area (Å²) in [4.78, 5) is 10.0. The van der Waals surface area contributed by atoms with E-state index in [1.165, 1.54) is 0 Å². The molecule has 0 fully saturated rings. The van der Waals surface area contributed by atoms with Crippen LogP contribution in [0, 0.1) is 0 Å². The number of rotatable bonds is 3. The van der Waals surface area contributed by atoms with E-state index in [4.69, 9.17) is 0 Å². The summed E-state index contributed by atoms with van der Waals surface area (Å²) < 4.78 is 1.04. The largest absolute Gasteiger partial charge is 0.341 e. The first-order valence-corrected chi connectivity index (χ1v) is 4.41. The third-order valence-corrected chi connectivity index (χ3v) is 2.17. The number of amides is 1. The molecular weight excluding hydrogens is 218 g/mol. The monoisotopic (exact) mass is 226 g/mol. The molecule has 1 radical (unpaired) electrons. The SMILES string of the molecule is C[C@@H](N[C]=O)c1ccc(Br)cc1. The first-order valence-electron chi connectivity index (χ1n) is 3.62. The third-order valence-electron chi connectivity index (χ3n) is 1.65. The van der Waals surface area contributed by atoms with Crippen LogP contribution in [0.4, 0.5) is 0 Å². The van der Waals surface area contributed by atoms with Gasteiger partial charge in [-0.3, -0.25) is 4.79 Å². The molecule has 1 aromatic carbocycles. The average molecular weight is 227 g/mol. The van der Waals surface area contributed by atoms with Gasteiger partial charge in [-0.1, -0.05) is 28.1 Å². The van der Waals surface area contributed by atoms with Crippen molar-refractivity contribution in [2.45, 2.75) is 13.0 Å². The van der Waals surface area contributed by atoms with E-state index in [2.05, 4.69) is 21.2 Å². The lowest BCUT2D eigenvalue weighted by molar-refractivity contribution is 0.529. The van der Waals surface area contributed by atoms with Crippen LogP contribution in [0.1, 0.15) is 18.5 Å². The van der Waals surface area contributed by atoms with E-state index in [0.717, 1.165) is 10.0 Å². The van der Waals surface area contributed by atoms with Gasteiger partial charge in [-0.05, 0) is 24.6 Å². The van der Waals surface area contributed by atoms with Crippen LogP contribution >= 0.6 is 15.9 Å². The Kier molecular flexibility index (Phi) is 3.29. The van der Waals surface area contributed by atoms with E-state index in [0.29, 0.717) is 0 Å². The first-order chi connectivity index (χ1) is 5.74. The van der Waals surface area contributed by atoms with Crippen LogP contribution in [0.3, 0.4) is 0 Å². The molecule has 0 aliphatic rings. The normalized spacial score (nSPS) is 12.2. The predicted octanol–water partition coefficient (Wildman–Crippen LogP) is 2.17. The molecule has 63 valence electrons. The van der Waals surface area contributed by atoms with E-state index in [-0.39, 0.29) is 6.04 Å². The van der Waals surface area contributed by atoms with Gasteiger partial charge in [0, 0.05) is 4.47 Å². The fourth-order valence-electron chi connectivity index (χ4n) is 0.923. The van der Waals surface area contributed by atoms with Crippen LogP contribution in [0.25, 0.3) is 0 Å². The highest BCUT2D eigenvalue weighted by Gasteiger charge is 2.02. The number of carbonyl (C=O) groups excluding carboxylic acids is 1. The number of hydrogen-bond acceptors (Lipinski definition) is 1. The Bertz CT molecular complexity index is 258. The number of hydrogen-bond donors (Lipinski definition) is 1. The summed E-state index contributed by atoms with van der Waals surface area (Å²) in [6, 6.07) is 7.82. The number of benzene rings is 1. The zero-order valence-electron chi connectivity index (χ0n) is 6.67. The molecule has 2 nitrogen and oxygen atoms in total. The fourth-order valence-corrected chi connectivity index (χ4v) is 1.19. The van der Waals surface area contributed by atoms with E-state index in [1.54, 1.807) is 6.41 Å². The smallest absolute Gasteiger partial charge is 0.309 e. The molecule has 1 N–H and O–H groups in total. The lowest BCUT2D eigenvalue weighted by Crippen LogP contribution is -2.15. The van der Waals surface area contributed by atoms with Gasteiger partial charge in [0.2, 0.25) is 0 Å². The Balaban J connectivity index is 2.74. The Morgan fingerprint density at radius 2 is 2.00 bits per heavy atom. The highest BCUT2D eigenvalue weighted by atomic mass is 79.9. The molecule has 0 aromatic heterocycles. The van der Waals surface area contributed by atoms with Crippen LogP contribution in [0.5, 0.6) is 0 Å². The average Bonchev–Trinajstić information content (AvgIpc) is 2.06. The summed E-state index contributed by atoms with van der Waals surface area (Å²) >= 11 is 3.34. The topological polar surface area (TPSA) is 29.1 Å². The van der Waals surface area contributed by atoms with Crippen molar-refractivity contribution in [3.63, 3.8) is 0 Å². The van der Waals surface area contributed by atoms with Gasteiger partial charge >= 0.3 is 6.41 Å². The molecule has 0 heterocycles. The molecule has 1 rings (SSSR count). The Morgan fingerprint density at radius 1 is 1.42 bits per heavy atom. The quantitative estimate of drug-likeness (QED) is 0.787. The fraction of sp³-hybridized carbons (Fsp3) is 0.222. The maximum absolute atomic E-state index is 10.0. The van der Waals surface area contributed by atoms with Gasteiger partial charge in [-0.15, -0.1) is 0 Å². The maximum Gasteiger partial charge on any atom is 0.309 e. The Hall–Kier alpha value is -0.830. The highest BCUT2D eigenvalue weighted by molar-refractivity contribution is 9.10. The van der Waals surface area contributed by atoms with E-state index in [9.17, 15) is 4.79 Å². The highest BCUT2D eigenvalue weighted by Crippen LogP contribution is 2.15. The Morgan fingerprint density at radius 3 is 2.50 bits per heavy atom. The molecule has 0 saturated heterocycles. The van der Waals surface area contributed by atoms with Crippen molar-refractivity contribution in [1.82, 2.24) is 5.32 Å². The third kappa shape index (κ3) is 2.34. The lowest BCUT2D eigenvalue weighted by atomic mass is 10.1. The molecule has 0 aliphatic carbocycles. The summed E-state index contributed by atoms with van der Waals surface area (Å²) in [5.41, 5.74) is 1.07. The molecule has 12 heavy (non-hydrogen) atoms. The molecular formula is C9H9BrNO. The zero-order valence-corrected chi connectivity index (χ0v) is 8.26. The summed E-state index contributed by atoms with van der Waals surface area (Å²) in [5, 5.41) is 2.56. The first kappa shape index (κ1) is 9.26. The van der Waals surface area contributed by atoms with Crippen LogP contribution in [0.2, 0.25) is 0 Å². The summed E-state index contributed by atoms with van der Waals surface area (Å²) in [6.07, 6.45) is 1.67. The summed E-state index contributed by atoms with van der Waals surface area (Å²) in [7, 11) is 0. The Labute approximate surface area is 80.1 Å². The minimum atomic E-state index is 0.0237. The van der Waals surface area contributed by atoms with Gasteiger partial charge in [0.15, 0.2) is 0 Å². The van der Waals surface area contributed by atoms with Crippen molar-refractivity contribution < 1.29 is 4.79 Å². The second-order valence-corrected chi connectivity index (χ2v) is 3.44. The summed E-state index contributed by atoms with van der Waals surface area (Å²) in [6.45, 7) is 1.91. The van der Waals surface area contributed by atoms with Crippen molar-refractivity contribution in [3.8, 4) is 0 Å². The number of nitrogens with one attached hydrogen (secondary N) is 1. The number of halogens is 1. The zero-order chi connectivity index (χ0) is 8.97. The van der Waals surface area contributed by atoms with Gasteiger partial charge in [-0.2, -0.15) is 0 Å². The van der Waals surface area contributed by atoms with Crippen LogP contribution in [-0.2, 0) is 4.79 Å². The second kappa shape index (κ2) is 4.26. The van der Waals surface area contributed by atoms with Crippen LogP contribution in [0.15, 0.2) is 28.7 Å². The van der Waals surface area contributed by atoms with Crippen molar-refractivity contribution >= 4 is 22.3 Å². The van der Waals surface area contributed by atoms with Gasteiger partial charge in [-0.25, -0.2) is 0 Å². The molecule has 0 spiro atoms. The molecule has 3 heteroatoms. The van der Waals surface area contributed by atoms with E-state index < -0.39 is 0 Å². The predicted molar refractivity (Wildman–Crippen MR) is 51.4 cm³/mol. The van der Waals surface area contributed by atoms with Gasteiger partial charge in [0.1, 0.15) is 0 Å². The maximum atomic E-state index is 10.0. The van der Waals surface area contributed by atoms with Crippen molar-refractivity contribution in [1.29, 1.82) is 0 Å². The van der Waals surface area contributed by atoms with Gasteiger partial charge in [0.05, 0.1) is 6.04 Å². The van der Waals surface area contributed by atoms with E-state index >= 15 is 0 Å².